The summed E-state index contributed by atoms with van der Waals surface area (Å²) in [6.45, 7) is 3.88. The van der Waals surface area contributed by atoms with E-state index in [9.17, 15) is 18.0 Å². The Bertz CT molecular complexity index is 252. The smallest absolute Gasteiger partial charge is 0.389 e. The maximum atomic E-state index is 12.4. The van der Waals surface area contributed by atoms with E-state index in [2.05, 4.69) is 6.92 Å². The molecule has 0 aromatic heterocycles. The molecule has 0 radical (unpaired) electrons. The van der Waals surface area contributed by atoms with Crippen LogP contribution in [0.4, 0.5) is 13.2 Å². The fourth-order valence-corrected chi connectivity index (χ4v) is 2.19. The van der Waals surface area contributed by atoms with E-state index in [1.165, 1.54) is 19.3 Å². The number of rotatable bonds is 11. The summed E-state index contributed by atoms with van der Waals surface area (Å²) >= 11 is 0. The van der Waals surface area contributed by atoms with Crippen molar-refractivity contribution in [3.05, 3.63) is 0 Å². The predicted molar refractivity (Wildman–Crippen MR) is 73.4 cm³/mol. The molecule has 0 heterocycles. The van der Waals surface area contributed by atoms with Crippen LogP contribution in [0.2, 0.25) is 0 Å². The molecular formula is C15H27F3O2. The standard InChI is InChI=1S/C15H27F3O2/c1-3-5-6-7-8-9-10-11-13(12-15(16,17)18)14(19)20-4-2/h13H,3-12H2,1-2H3. The molecule has 120 valence electrons. The van der Waals surface area contributed by atoms with Gasteiger partial charge in [0.05, 0.1) is 18.9 Å². The maximum absolute atomic E-state index is 12.4. The van der Waals surface area contributed by atoms with Gasteiger partial charge in [-0.25, -0.2) is 0 Å². The highest BCUT2D eigenvalue weighted by Crippen LogP contribution is 2.28. The number of alkyl halides is 3. The van der Waals surface area contributed by atoms with Crippen LogP contribution in [0, 0.1) is 5.92 Å². The number of carbonyl (C=O) groups is 1. The van der Waals surface area contributed by atoms with Crippen LogP contribution in [-0.2, 0) is 9.53 Å². The van der Waals surface area contributed by atoms with Gasteiger partial charge in [0, 0.05) is 0 Å². The van der Waals surface area contributed by atoms with Gasteiger partial charge in [0.25, 0.3) is 0 Å². The zero-order valence-electron chi connectivity index (χ0n) is 12.6. The van der Waals surface area contributed by atoms with E-state index >= 15 is 0 Å². The first-order valence-electron chi connectivity index (χ1n) is 7.64. The van der Waals surface area contributed by atoms with Crippen molar-refractivity contribution < 1.29 is 22.7 Å². The molecule has 0 saturated heterocycles. The summed E-state index contributed by atoms with van der Waals surface area (Å²) in [6.07, 6.45) is 2.16. The first-order chi connectivity index (χ1) is 9.40. The van der Waals surface area contributed by atoms with Crippen molar-refractivity contribution >= 4 is 5.97 Å². The molecule has 2 nitrogen and oxygen atoms in total. The van der Waals surface area contributed by atoms with Crippen molar-refractivity contribution in [2.75, 3.05) is 6.61 Å². The normalized spacial score (nSPS) is 13.2. The summed E-state index contributed by atoms with van der Waals surface area (Å²) in [6, 6.07) is 0. The third-order valence-corrected chi connectivity index (χ3v) is 3.25. The van der Waals surface area contributed by atoms with Gasteiger partial charge in [-0.2, -0.15) is 13.2 Å². The van der Waals surface area contributed by atoms with Crippen molar-refractivity contribution in [3.63, 3.8) is 0 Å². The monoisotopic (exact) mass is 296 g/mol. The largest absolute Gasteiger partial charge is 0.466 e. The topological polar surface area (TPSA) is 26.3 Å². The molecule has 0 aliphatic rings. The number of esters is 1. The summed E-state index contributed by atoms with van der Waals surface area (Å²) in [5, 5.41) is 0. The molecule has 0 spiro atoms. The highest BCUT2D eigenvalue weighted by Gasteiger charge is 2.35. The molecule has 20 heavy (non-hydrogen) atoms. The molecule has 0 amide bonds. The van der Waals surface area contributed by atoms with Gasteiger partial charge in [0.2, 0.25) is 0 Å². The van der Waals surface area contributed by atoms with Crippen molar-refractivity contribution in [2.24, 2.45) is 5.92 Å². The molecule has 0 fully saturated rings. The van der Waals surface area contributed by atoms with Gasteiger partial charge in [0.15, 0.2) is 0 Å². The van der Waals surface area contributed by atoms with Gasteiger partial charge in [-0.15, -0.1) is 0 Å². The second kappa shape index (κ2) is 11.0. The van der Waals surface area contributed by atoms with Gasteiger partial charge in [-0.05, 0) is 13.3 Å². The molecule has 0 aliphatic carbocycles. The van der Waals surface area contributed by atoms with E-state index in [4.69, 9.17) is 4.74 Å². The van der Waals surface area contributed by atoms with E-state index in [0.29, 0.717) is 6.42 Å². The van der Waals surface area contributed by atoms with E-state index < -0.39 is 24.5 Å². The Morgan fingerprint density at radius 1 is 1.00 bits per heavy atom. The lowest BCUT2D eigenvalue weighted by Gasteiger charge is -2.17. The second-order valence-electron chi connectivity index (χ2n) is 5.18. The first kappa shape index (κ1) is 19.3. The van der Waals surface area contributed by atoms with Crippen LogP contribution >= 0.6 is 0 Å². The summed E-state index contributed by atoms with van der Waals surface area (Å²) in [7, 11) is 0. The van der Waals surface area contributed by atoms with E-state index in [-0.39, 0.29) is 13.0 Å². The van der Waals surface area contributed by atoms with Crippen LogP contribution in [0.5, 0.6) is 0 Å². The molecule has 0 N–H and O–H groups in total. The Labute approximate surface area is 120 Å². The van der Waals surface area contributed by atoms with E-state index in [0.717, 1.165) is 19.3 Å². The van der Waals surface area contributed by atoms with Crippen LogP contribution in [0.15, 0.2) is 0 Å². The minimum atomic E-state index is -4.31. The highest BCUT2D eigenvalue weighted by atomic mass is 19.4. The number of hydrogen-bond acceptors (Lipinski definition) is 2. The van der Waals surface area contributed by atoms with Gasteiger partial charge < -0.3 is 4.74 Å². The van der Waals surface area contributed by atoms with E-state index in [1.807, 2.05) is 0 Å². The number of ether oxygens (including phenoxy) is 1. The highest BCUT2D eigenvalue weighted by molar-refractivity contribution is 5.72. The number of unbranched alkanes of at least 4 members (excludes halogenated alkanes) is 6. The van der Waals surface area contributed by atoms with Gasteiger partial charge in [-0.1, -0.05) is 51.9 Å². The minimum absolute atomic E-state index is 0.129. The molecule has 0 aromatic rings. The maximum Gasteiger partial charge on any atom is 0.389 e. The lowest BCUT2D eigenvalue weighted by Crippen LogP contribution is -2.24. The van der Waals surface area contributed by atoms with Crippen LogP contribution in [0.3, 0.4) is 0 Å². The second-order valence-corrected chi connectivity index (χ2v) is 5.18. The number of halogens is 3. The quantitative estimate of drug-likeness (QED) is 0.384. The summed E-state index contributed by atoms with van der Waals surface area (Å²) in [4.78, 5) is 11.5. The third kappa shape index (κ3) is 11.1. The Balaban J connectivity index is 3.95. The zero-order chi connectivity index (χ0) is 15.4. The van der Waals surface area contributed by atoms with E-state index in [1.54, 1.807) is 6.92 Å². The molecule has 0 rings (SSSR count). The van der Waals surface area contributed by atoms with Gasteiger partial charge in [0.1, 0.15) is 0 Å². The van der Waals surface area contributed by atoms with Crippen LogP contribution < -0.4 is 0 Å². The molecular weight excluding hydrogens is 269 g/mol. The fraction of sp³-hybridized carbons (Fsp3) is 0.933. The third-order valence-electron chi connectivity index (χ3n) is 3.25. The average molecular weight is 296 g/mol. The zero-order valence-corrected chi connectivity index (χ0v) is 12.6. The first-order valence-corrected chi connectivity index (χ1v) is 7.64. The number of hydrogen-bond donors (Lipinski definition) is 0. The number of carbonyl (C=O) groups excluding carboxylic acids is 1. The molecule has 1 unspecified atom stereocenters. The minimum Gasteiger partial charge on any atom is -0.466 e. The van der Waals surface area contributed by atoms with Crippen LogP contribution in [0.1, 0.15) is 71.6 Å². The lowest BCUT2D eigenvalue weighted by molar-refractivity contribution is -0.168. The van der Waals surface area contributed by atoms with Crippen molar-refractivity contribution in [1.82, 2.24) is 0 Å². The summed E-state index contributed by atoms with van der Waals surface area (Å²) in [5.74, 6) is -1.75. The average Bonchev–Trinajstić information content (AvgIpc) is 2.35. The van der Waals surface area contributed by atoms with Crippen LogP contribution in [0.25, 0.3) is 0 Å². The van der Waals surface area contributed by atoms with Crippen LogP contribution in [-0.4, -0.2) is 18.8 Å². The molecule has 1 atom stereocenters. The van der Waals surface area contributed by atoms with Gasteiger partial charge >= 0.3 is 12.1 Å². The van der Waals surface area contributed by atoms with Crippen molar-refractivity contribution in [1.29, 1.82) is 0 Å². The summed E-state index contributed by atoms with van der Waals surface area (Å²) in [5.41, 5.74) is 0. The van der Waals surface area contributed by atoms with Crippen molar-refractivity contribution in [2.45, 2.75) is 77.8 Å². The lowest BCUT2D eigenvalue weighted by atomic mass is 9.97. The Morgan fingerprint density at radius 2 is 1.55 bits per heavy atom. The molecule has 0 aromatic carbocycles. The predicted octanol–water partition coefficient (Wildman–Crippen LogP) is 5.26. The molecule has 5 heteroatoms. The fourth-order valence-electron chi connectivity index (χ4n) is 2.19. The summed E-state index contributed by atoms with van der Waals surface area (Å²) < 4.78 is 42.0. The van der Waals surface area contributed by atoms with Gasteiger partial charge in [-0.3, -0.25) is 4.79 Å². The Hall–Kier alpha value is -0.740. The molecule has 0 aliphatic heterocycles. The Morgan fingerprint density at radius 3 is 2.05 bits per heavy atom. The molecule has 0 bridgehead atoms. The van der Waals surface area contributed by atoms with Crippen molar-refractivity contribution in [3.8, 4) is 0 Å². The molecule has 0 saturated carbocycles. The SMILES string of the molecule is CCCCCCCCCC(CC(F)(F)F)C(=O)OCC. The Kier molecular flexibility index (Phi) is 10.6.